The number of amides is 2. The van der Waals surface area contributed by atoms with Crippen molar-refractivity contribution in [2.45, 2.75) is 51.6 Å². The molecule has 1 N–H and O–H groups in total. The molecule has 0 spiro atoms. The second-order valence-electron chi connectivity index (χ2n) is 8.20. The summed E-state index contributed by atoms with van der Waals surface area (Å²) in [5, 5.41) is 3.09. The Hall–Kier alpha value is -2.82. The van der Waals surface area contributed by atoms with Crippen LogP contribution in [0.2, 0.25) is 0 Å². The topological polar surface area (TPSA) is 54.3 Å². The van der Waals surface area contributed by atoms with E-state index >= 15 is 0 Å². The molecule has 0 radical (unpaired) electrons. The molecule has 5 heteroatoms. The minimum atomic E-state index is -0.0405. The van der Waals surface area contributed by atoms with Crippen LogP contribution in [0.15, 0.2) is 42.5 Å². The maximum atomic E-state index is 12.6. The average molecular weight is 392 g/mol. The maximum Gasteiger partial charge on any atom is 0.251 e. The Morgan fingerprint density at radius 3 is 2.38 bits per heavy atom. The summed E-state index contributed by atoms with van der Waals surface area (Å²) in [7, 11) is 0. The van der Waals surface area contributed by atoms with E-state index in [2.05, 4.69) is 29.8 Å². The van der Waals surface area contributed by atoms with Crippen LogP contribution in [0.1, 0.15) is 59.0 Å². The van der Waals surface area contributed by atoms with E-state index in [1.54, 1.807) is 6.08 Å². The molecule has 2 aliphatic rings. The molecule has 1 saturated carbocycles. The van der Waals surface area contributed by atoms with Gasteiger partial charge >= 0.3 is 0 Å². The van der Waals surface area contributed by atoms with Gasteiger partial charge in [-0.15, -0.1) is 0 Å². The van der Waals surface area contributed by atoms with Crippen molar-refractivity contribution >= 4 is 17.9 Å². The van der Waals surface area contributed by atoms with E-state index in [0.717, 1.165) is 18.4 Å². The van der Waals surface area contributed by atoms with Crippen LogP contribution in [0, 0.1) is 13.8 Å². The van der Waals surface area contributed by atoms with Crippen LogP contribution in [-0.2, 0) is 4.79 Å². The van der Waals surface area contributed by atoms with Gasteiger partial charge in [0.25, 0.3) is 5.91 Å². The van der Waals surface area contributed by atoms with Crippen molar-refractivity contribution in [2.75, 3.05) is 13.1 Å². The van der Waals surface area contributed by atoms with Gasteiger partial charge in [-0.2, -0.15) is 0 Å². The Morgan fingerprint density at radius 1 is 1.03 bits per heavy atom. The number of piperidine rings is 1. The van der Waals surface area contributed by atoms with E-state index < -0.39 is 0 Å². The third-order valence-electron chi connectivity index (χ3n) is 6.02. The first-order valence-corrected chi connectivity index (χ1v) is 10.5. The molecular formula is C24H29N3O2. The predicted octanol–water partition coefficient (Wildman–Crippen LogP) is 3.87. The van der Waals surface area contributed by atoms with E-state index in [4.69, 9.17) is 0 Å². The zero-order chi connectivity index (χ0) is 20.4. The van der Waals surface area contributed by atoms with E-state index in [1.165, 1.54) is 24.2 Å². The number of hydrogen-bond donors (Lipinski definition) is 1. The van der Waals surface area contributed by atoms with Gasteiger partial charge in [-0.05, 0) is 69.4 Å². The lowest BCUT2D eigenvalue weighted by atomic mass is 10.0. The fourth-order valence-corrected chi connectivity index (χ4v) is 4.23. The van der Waals surface area contributed by atoms with Crippen LogP contribution in [0.3, 0.4) is 0 Å². The smallest absolute Gasteiger partial charge is 0.251 e. The van der Waals surface area contributed by atoms with Crippen molar-refractivity contribution in [2.24, 2.45) is 0 Å². The zero-order valence-electron chi connectivity index (χ0n) is 17.2. The third-order valence-corrected chi connectivity index (χ3v) is 6.02. The minimum absolute atomic E-state index is 0.0405. The van der Waals surface area contributed by atoms with Crippen LogP contribution in [0.5, 0.6) is 0 Å². The Morgan fingerprint density at radius 2 is 1.72 bits per heavy atom. The first-order valence-electron chi connectivity index (χ1n) is 10.5. The third kappa shape index (κ3) is 4.44. The number of benzene rings is 1. The van der Waals surface area contributed by atoms with Crippen LogP contribution < -0.4 is 5.32 Å². The second kappa shape index (κ2) is 8.27. The summed E-state index contributed by atoms with van der Waals surface area (Å²) in [4.78, 5) is 26.8. The highest BCUT2D eigenvalue weighted by Crippen LogP contribution is 2.38. The molecule has 0 unspecified atom stereocenters. The SMILES string of the molecule is Cc1cc(C=CC(=O)N2CCC(NC(=O)c3ccccc3)CC2)c(C)n1C1CC1. The van der Waals surface area contributed by atoms with Crippen molar-refractivity contribution < 1.29 is 9.59 Å². The normalized spacial score (nSPS) is 17.7. The summed E-state index contributed by atoms with van der Waals surface area (Å²) in [5.41, 5.74) is 4.33. The summed E-state index contributed by atoms with van der Waals surface area (Å²) in [6, 6.07) is 12.2. The molecule has 152 valence electrons. The van der Waals surface area contributed by atoms with Crippen LogP contribution in [0.25, 0.3) is 6.08 Å². The first-order chi connectivity index (χ1) is 14.0. The number of aromatic nitrogens is 1. The van der Waals surface area contributed by atoms with Crippen molar-refractivity contribution in [1.29, 1.82) is 0 Å². The number of aryl methyl sites for hydroxylation is 1. The Labute approximate surface area is 172 Å². The number of nitrogens with one attached hydrogen (secondary N) is 1. The summed E-state index contributed by atoms with van der Waals surface area (Å²) < 4.78 is 2.39. The molecule has 1 aromatic heterocycles. The summed E-state index contributed by atoms with van der Waals surface area (Å²) in [6.07, 6.45) is 7.74. The fraction of sp³-hybridized carbons (Fsp3) is 0.417. The van der Waals surface area contributed by atoms with E-state index in [1.807, 2.05) is 41.3 Å². The molecule has 2 heterocycles. The summed E-state index contributed by atoms with van der Waals surface area (Å²) in [5.74, 6) is 0.00959. The number of rotatable bonds is 5. The Kier molecular flexibility index (Phi) is 5.56. The molecule has 2 aromatic rings. The average Bonchev–Trinajstić information content (AvgIpc) is 3.52. The van der Waals surface area contributed by atoms with Gasteiger partial charge in [-0.25, -0.2) is 0 Å². The Balaban J connectivity index is 1.30. The molecule has 1 aromatic carbocycles. The van der Waals surface area contributed by atoms with Crippen molar-refractivity contribution in [3.8, 4) is 0 Å². The number of likely N-dealkylation sites (tertiary alicyclic amines) is 1. The Bertz CT molecular complexity index is 917. The van der Waals surface area contributed by atoms with Gasteiger partial charge in [0.1, 0.15) is 0 Å². The van der Waals surface area contributed by atoms with Crippen LogP contribution >= 0.6 is 0 Å². The van der Waals surface area contributed by atoms with Gasteiger partial charge in [-0.3, -0.25) is 9.59 Å². The highest BCUT2D eigenvalue weighted by atomic mass is 16.2. The largest absolute Gasteiger partial charge is 0.349 e. The van der Waals surface area contributed by atoms with Crippen molar-refractivity contribution in [1.82, 2.24) is 14.8 Å². The molecular weight excluding hydrogens is 362 g/mol. The summed E-state index contributed by atoms with van der Waals surface area (Å²) in [6.45, 7) is 5.61. The lowest BCUT2D eigenvalue weighted by Crippen LogP contribution is -2.46. The molecule has 5 nitrogen and oxygen atoms in total. The number of carbonyl (C=O) groups excluding carboxylic acids is 2. The molecule has 4 rings (SSSR count). The van der Waals surface area contributed by atoms with Crippen molar-refractivity contribution in [3.63, 3.8) is 0 Å². The monoisotopic (exact) mass is 391 g/mol. The van der Waals surface area contributed by atoms with Gasteiger partial charge in [-0.1, -0.05) is 18.2 Å². The van der Waals surface area contributed by atoms with Gasteiger partial charge in [0.15, 0.2) is 0 Å². The van der Waals surface area contributed by atoms with Crippen LogP contribution in [0.4, 0.5) is 0 Å². The molecule has 1 aliphatic carbocycles. The molecule has 2 amide bonds. The lowest BCUT2D eigenvalue weighted by Gasteiger charge is -2.31. The van der Waals surface area contributed by atoms with E-state index in [0.29, 0.717) is 24.7 Å². The molecule has 1 aliphatic heterocycles. The van der Waals surface area contributed by atoms with Gasteiger partial charge in [0.05, 0.1) is 0 Å². The molecule has 1 saturated heterocycles. The number of hydrogen-bond acceptors (Lipinski definition) is 2. The molecule has 0 bridgehead atoms. The van der Waals surface area contributed by atoms with E-state index in [-0.39, 0.29) is 17.9 Å². The minimum Gasteiger partial charge on any atom is -0.349 e. The van der Waals surface area contributed by atoms with Gasteiger partial charge in [0.2, 0.25) is 5.91 Å². The molecule has 29 heavy (non-hydrogen) atoms. The van der Waals surface area contributed by atoms with Gasteiger partial charge in [0, 0.05) is 48.2 Å². The molecule has 2 fully saturated rings. The van der Waals surface area contributed by atoms with Gasteiger partial charge < -0.3 is 14.8 Å². The van der Waals surface area contributed by atoms with E-state index in [9.17, 15) is 9.59 Å². The summed E-state index contributed by atoms with van der Waals surface area (Å²) >= 11 is 0. The fourth-order valence-electron chi connectivity index (χ4n) is 4.23. The number of carbonyl (C=O) groups is 2. The highest BCUT2D eigenvalue weighted by molar-refractivity contribution is 5.94. The molecule has 0 atom stereocenters. The zero-order valence-corrected chi connectivity index (χ0v) is 17.2. The number of nitrogens with zero attached hydrogens (tertiary/aromatic N) is 2. The second-order valence-corrected chi connectivity index (χ2v) is 8.20. The highest BCUT2D eigenvalue weighted by Gasteiger charge is 2.27. The van der Waals surface area contributed by atoms with Crippen molar-refractivity contribution in [3.05, 3.63) is 65.0 Å². The lowest BCUT2D eigenvalue weighted by molar-refractivity contribution is -0.126. The quantitative estimate of drug-likeness (QED) is 0.787. The maximum absolute atomic E-state index is 12.6. The first kappa shape index (κ1) is 19.5. The van der Waals surface area contributed by atoms with Crippen LogP contribution in [-0.4, -0.2) is 40.4 Å². The standard InChI is InChI=1S/C24H29N3O2/c1-17-16-20(18(2)27(17)22-9-10-22)8-11-23(28)26-14-12-21(13-15-26)25-24(29)19-6-4-3-5-7-19/h3-8,11,16,21-22H,9-10,12-15H2,1-2H3,(H,25,29). The predicted molar refractivity (Wildman–Crippen MR) is 115 cm³/mol.